The van der Waals surface area contributed by atoms with E-state index in [4.69, 9.17) is 4.74 Å². The normalized spacial score (nSPS) is 17.8. The molecule has 0 saturated carbocycles. The molecule has 6 heteroatoms. The number of rotatable bonds is 5. The minimum Gasteiger partial charge on any atom is -0.494 e. The molecule has 2 rings (SSSR count). The van der Waals surface area contributed by atoms with Crippen LogP contribution in [0.25, 0.3) is 0 Å². The Morgan fingerprint density at radius 2 is 1.96 bits per heavy atom. The van der Waals surface area contributed by atoms with Gasteiger partial charge in [-0.1, -0.05) is 0 Å². The predicted molar refractivity (Wildman–Crippen MR) is 94.4 cm³/mol. The standard InChI is InChI=1S/C18H27N3O3/c1-5-24-15-8-6-14(7-9-15)21-12-13(10-16(21)22)11-19-17(23)20-18(2,3)4/h6-9,13H,5,10-12H2,1-4H3,(H2,19,20,23). The number of amides is 3. The number of carbonyl (C=O) groups is 2. The zero-order valence-corrected chi connectivity index (χ0v) is 14.9. The van der Waals surface area contributed by atoms with E-state index in [1.165, 1.54) is 0 Å². The molecule has 1 aliphatic rings. The molecule has 24 heavy (non-hydrogen) atoms. The third-order valence-electron chi connectivity index (χ3n) is 3.70. The summed E-state index contributed by atoms with van der Waals surface area (Å²) in [4.78, 5) is 25.8. The van der Waals surface area contributed by atoms with E-state index >= 15 is 0 Å². The number of nitrogens with zero attached hydrogens (tertiary/aromatic N) is 1. The second-order valence-corrected chi connectivity index (χ2v) is 7.09. The summed E-state index contributed by atoms with van der Waals surface area (Å²) in [6.07, 6.45) is 0.447. The maximum absolute atomic E-state index is 12.2. The fraction of sp³-hybridized carbons (Fsp3) is 0.556. The van der Waals surface area contributed by atoms with Crippen LogP contribution in [-0.4, -0.2) is 37.2 Å². The minimum absolute atomic E-state index is 0.0854. The first-order chi connectivity index (χ1) is 11.3. The van der Waals surface area contributed by atoms with Gasteiger partial charge in [0.05, 0.1) is 6.61 Å². The number of anilines is 1. The highest BCUT2D eigenvalue weighted by Crippen LogP contribution is 2.26. The van der Waals surface area contributed by atoms with Gasteiger partial charge in [-0.25, -0.2) is 4.79 Å². The number of ether oxygens (including phenoxy) is 1. The van der Waals surface area contributed by atoms with Crippen LogP contribution in [-0.2, 0) is 4.79 Å². The van der Waals surface area contributed by atoms with Crippen LogP contribution in [0.1, 0.15) is 34.1 Å². The molecule has 3 amide bonds. The van der Waals surface area contributed by atoms with Crippen molar-refractivity contribution in [2.75, 3.05) is 24.6 Å². The van der Waals surface area contributed by atoms with Gasteiger partial charge in [0.15, 0.2) is 0 Å². The van der Waals surface area contributed by atoms with E-state index in [0.29, 0.717) is 26.1 Å². The van der Waals surface area contributed by atoms with Crippen LogP contribution in [0.2, 0.25) is 0 Å². The van der Waals surface area contributed by atoms with Gasteiger partial charge in [0.25, 0.3) is 0 Å². The van der Waals surface area contributed by atoms with Gasteiger partial charge in [0.1, 0.15) is 5.75 Å². The molecular formula is C18H27N3O3. The smallest absolute Gasteiger partial charge is 0.315 e. The summed E-state index contributed by atoms with van der Waals surface area (Å²) in [5.41, 5.74) is 0.592. The SMILES string of the molecule is CCOc1ccc(N2CC(CNC(=O)NC(C)(C)C)CC2=O)cc1. The van der Waals surface area contributed by atoms with E-state index < -0.39 is 0 Å². The average molecular weight is 333 g/mol. The van der Waals surface area contributed by atoms with Crippen molar-refractivity contribution in [2.24, 2.45) is 5.92 Å². The third kappa shape index (κ3) is 5.15. The van der Waals surface area contributed by atoms with Crippen molar-refractivity contribution in [3.05, 3.63) is 24.3 Å². The molecule has 0 bridgehead atoms. The summed E-state index contributed by atoms with van der Waals surface area (Å²) in [5.74, 6) is 1.00. The summed E-state index contributed by atoms with van der Waals surface area (Å²) < 4.78 is 5.42. The number of hydrogen-bond acceptors (Lipinski definition) is 3. The number of benzene rings is 1. The molecule has 6 nitrogen and oxygen atoms in total. The van der Waals surface area contributed by atoms with Gasteiger partial charge in [0.2, 0.25) is 5.91 Å². The Balaban J connectivity index is 1.87. The second-order valence-electron chi connectivity index (χ2n) is 7.09. The lowest BCUT2D eigenvalue weighted by Gasteiger charge is -2.21. The van der Waals surface area contributed by atoms with Crippen LogP contribution >= 0.6 is 0 Å². The van der Waals surface area contributed by atoms with Gasteiger partial charge < -0.3 is 20.3 Å². The van der Waals surface area contributed by atoms with Crippen LogP contribution in [0.3, 0.4) is 0 Å². The monoisotopic (exact) mass is 333 g/mol. The minimum atomic E-state index is -0.274. The maximum atomic E-state index is 12.2. The van der Waals surface area contributed by atoms with E-state index in [0.717, 1.165) is 11.4 Å². The van der Waals surface area contributed by atoms with Gasteiger partial charge in [-0.05, 0) is 52.0 Å². The van der Waals surface area contributed by atoms with E-state index in [1.54, 1.807) is 4.90 Å². The lowest BCUT2D eigenvalue weighted by atomic mass is 10.1. The number of urea groups is 1. The van der Waals surface area contributed by atoms with Crippen LogP contribution < -0.4 is 20.3 Å². The van der Waals surface area contributed by atoms with Gasteiger partial charge >= 0.3 is 6.03 Å². The Morgan fingerprint density at radius 3 is 2.54 bits per heavy atom. The molecule has 1 aromatic rings. The van der Waals surface area contributed by atoms with Crippen molar-refractivity contribution in [1.29, 1.82) is 0 Å². The van der Waals surface area contributed by atoms with Crippen molar-refractivity contribution >= 4 is 17.6 Å². The molecule has 1 saturated heterocycles. The van der Waals surface area contributed by atoms with Crippen molar-refractivity contribution in [3.63, 3.8) is 0 Å². The molecule has 1 aromatic carbocycles. The first kappa shape index (κ1) is 18.1. The van der Waals surface area contributed by atoms with Crippen molar-refractivity contribution < 1.29 is 14.3 Å². The predicted octanol–water partition coefficient (Wildman–Crippen LogP) is 2.54. The Labute approximate surface area is 143 Å². The van der Waals surface area contributed by atoms with Crippen molar-refractivity contribution in [2.45, 2.75) is 39.7 Å². The van der Waals surface area contributed by atoms with Gasteiger partial charge in [-0.2, -0.15) is 0 Å². The zero-order valence-electron chi connectivity index (χ0n) is 14.9. The third-order valence-corrected chi connectivity index (χ3v) is 3.70. The van der Waals surface area contributed by atoms with Gasteiger partial charge in [-0.15, -0.1) is 0 Å². The highest BCUT2D eigenvalue weighted by atomic mass is 16.5. The molecule has 0 aromatic heterocycles. The molecule has 0 aliphatic carbocycles. The average Bonchev–Trinajstić information content (AvgIpc) is 2.86. The van der Waals surface area contributed by atoms with Crippen molar-refractivity contribution in [3.8, 4) is 5.75 Å². The van der Waals surface area contributed by atoms with Gasteiger partial charge in [-0.3, -0.25) is 4.79 Å². The molecule has 0 spiro atoms. The molecule has 0 radical (unpaired) electrons. The van der Waals surface area contributed by atoms with Crippen LogP contribution in [0, 0.1) is 5.92 Å². The van der Waals surface area contributed by atoms with Crippen LogP contribution in [0.15, 0.2) is 24.3 Å². The first-order valence-electron chi connectivity index (χ1n) is 8.37. The highest BCUT2D eigenvalue weighted by molar-refractivity contribution is 5.95. The summed E-state index contributed by atoms with van der Waals surface area (Å²) in [6.45, 7) is 9.44. The topological polar surface area (TPSA) is 70.7 Å². The van der Waals surface area contributed by atoms with Gasteiger partial charge in [0, 0.05) is 36.7 Å². The van der Waals surface area contributed by atoms with E-state index in [1.807, 2.05) is 52.0 Å². The maximum Gasteiger partial charge on any atom is 0.315 e. The Kier molecular flexibility index (Phi) is 5.70. The largest absolute Gasteiger partial charge is 0.494 e. The molecular weight excluding hydrogens is 306 g/mol. The molecule has 2 N–H and O–H groups in total. The quantitative estimate of drug-likeness (QED) is 0.870. The molecule has 132 valence electrons. The molecule has 1 aliphatic heterocycles. The zero-order chi connectivity index (χ0) is 17.7. The molecule has 1 atom stereocenters. The molecule has 1 unspecified atom stereocenters. The lowest BCUT2D eigenvalue weighted by Crippen LogP contribution is -2.47. The number of nitrogens with one attached hydrogen (secondary N) is 2. The number of carbonyl (C=O) groups excluding carboxylic acids is 2. The summed E-state index contributed by atoms with van der Waals surface area (Å²) in [6, 6.07) is 7.33. The van der Waals surface area contributed by atoms with Crippen LogP contribution in [0.4, 0.5) is 10.5 Å². The van der Waals surface area contributed by atoms with Crippen molar-refractivity contribution in [1.82, 2.24) is 10.6 Å². The fourth-order valence-electron chi connectivity index (χ4n) is 2.68. The van der Waals surface area contributed by atoms with E-state index in [-0.39, 0.29) is 23.4 Å². The Bertz CT molecular complexity index is 578. The highest BCUT2D eigenvalue weighted by Gasteiger charge is 2.30. The lowest BCUT2D eigenvalue weighted by molar-refractivity contribution is -0.117. The summed E-state index contributed by atoms with van der Waals surface area (Å²) >= 11 is 0. The summed E-state index contributed by atoms with van der Waals surface area (Å²) in [7, 11) is 0. The summed E-state index contributed by atoms with van der Waals surface area (Å²) in [5, 5.41) is 5.70. The first-order valence-corrected chi connectivity index (χ1v) is 8.37. The van der Waals surface area contributed by atoms with Crippen LogP contribution in [0.5, 0.6) is 5.75 Å². The Hall–Kier alpha value is -2.24. The van der Waals surface area contributed by atoms with E-state index in [9.17, 15) is 9.59 Å². The number of hydrogen-bond donors (Lipinski definition) is 2. The van der Waals surface area contributed by atoms with E-state index in [2.05, 4.69) is 10.6 Å². The Morgan fingerprint density at radius 1 is 1.29 bits per heavy atom. The molecule has 1 fully saturated rings. The second kappa shape index (κ2) is 7.55. The molecule has 1 heterocycles. The fourth-order valence-corrected chi connectivity index (χ4v) is 2.68.